The molecule has 1 unspecified atom stereocenters. The number of hydrogen-bond donors (Lipinski definition) is 0. The molecule has 124 valence electrons. The zero-order valence-electron chi connectivity index (χ0n) is 14.2. The minimum absolute atomic E-state index is 0.0708. The Morgan fingerprint density at radius 3 is 2.39 bits per heavy atom. The molecule has 0 aromatic heterocycles. The van der Waals surface area contributed by atoms with Crippen LogP contribution < -0.4 is 4.90 Å². The summed E-state index contributed by atoms with van der Waals surface area (Å²) in [5, 5.41) is 0. The molecule has 2 saturated heterocycles. The number of benzene rings is 1. The quantitative estimate of drug-likeness (QED) is 0.842. The van der Waals surface area contributed by atoms with Crippen LogP contribution in [-0.2, 0) is 9.59 Å². The maximum Gasteiger partial charge on any atom is 0.228 e. The molecule has 0 spiro atoms. The average Bonchev–Trinajstić information content (AvgIpc) is 2.75. The highest BCUT2D eigenvalue weighted by Gasteiger charge is 2.37. The largest absolute Gasteiger partial charge is 0.342 e. The molecule has 1 aromatic rings. The maximum atomic E-state index is 12.7. The average molecular weight is 314 g/mol. The van der Waals surface area contributed by atoms with Crippen LogP contribution in [0.4, 0.5) is 5.69 Å². The van der Waals surface area contributed by atoms with Crippen LogP contribution in [0.5, 0.6) is 0 Å². The third-order valence-corrected chi connectivity index (χ3v) is 5.19. The van der Waals surface area contributed by atoms with Gasteiger partial charge in [-0.25, -0.2) is 0 Å². The van der Waals surface area contributed by atoms with E-state index in [4.69, 9.17) is 0 Å². The van der Waals surface area contributed by atoms with Gasteiger partial charge in [-0.05, 0) is 49.9 Å². The standard InChI is InChI=1S/C19H26N2O2/c1-14-7-8-17(11-15(14)2)21-13-16(12-18(21)22)19(23)20-9-5-3-4-6-10-20/h7-8,11,16H,3-6,9-10,12-13H2,1-2H3. The van der Waals surface area contributed by atoms with Gasteiger partial charge >= 0.3 is 0 Å². The molecule has 1 aromatic carbocycles. The first-order chi connectivity index (χ1) is 11.1. The minimum atomic E-state index is -0.179. The van der Waals surface area contributed by atoms with Gasteiger partial charge in [0.25, 0.3) is 0 Å². The first kappa shape index (κ1) is 16.0. The number of hydrogen-bond acceptors (Lipinski definition) is 2. The summed E-state index contributed by atoms with van der Waals surface area (Å²) < 4.78 is 0. The van der Waals surface area contributed by atoms with Gasteiger partial charge < -0.3 is 9.80 Å². The van der Waals surface area contributed by atoms with Gasteiger partial charge in [-0.1, -0.05) is 18.9 Å². The van der Waals surface area contributed by atoms with Gasteiger partial charge in [-0.3, -0.25) is 9.59 Å². The zero-order chi connectivity index (χ0) is 16.4. The van der Waals surface area contributed by atoms with E-state index in [0.717, 1.165) is 31.6 Å². The summed E-state index contributed by atoms with van der Waals surface area (Å²) in [5.74, 6) is 0.0650. The van der Waals surface area contributed by atoms with Crippen LogP contribution in [0.2, 0.25) is 0 Å². The number of anilines is 1. The second-order valence-electron chi connectivity index (χ2n) is 6.91. The number of rotatable bonds is 2. The van der Waals surface area contributed by atoms with E-state index in [-0.39, 0.29) is 17.7 Å². The summed E-state index contributed by atoms with van der Waals surface area (Å²) in [7, 11) is 0. The lowest BCUT2D eigenvalue weighted by Crippen LogP contribution is -2.38. The van der Waals surface area contributed by atoms with Crippen LogP contribution in [0.15, 0.2) is 18.2 Å². The zero-order valence-corrected chi connectivity index (χ0v) is 14.2. The van der Waals surface area contributed by atoms with Crippen molar-refractivity contribution in [3.8, 4) is 0 Å². The van der Waals surface area contributed by atoms with E-state index in [2.05, 4.69) is 13.8 Å². The first-order valence-electron chi connectivity index (χ1n) is 8.72. The number of nitrogens with zero attached hydrogens (tertiary/aromatic N) is 2. The van der Waals surface area contributed by atoms with E-state index in [1.165, 1.54) is 24.0 Å². The monoisotopic (exact) mass is 314 g/mol. The summed E-state index contributed by atoms with van der Waals surface area (Å²) in [6, 6.07) is 6.08. The topological polar surface area (TPSA) is 40.6 Å². The van der Waals surface area contributed by atoms with Crippen molar-refractivity contribution in [2.24, 2.45) is 5.92 Å². The van der Waals surface area contributed by atoms with Gasteiger partial charge in [0.05, 0.1) is 5.92 Å². The molecule has 2 aliphatic rings. The fourth-order valence-electron chi connectivity index (χ4n) is 3.57. The fraction of sp³-hybridized carbons (Fsp3) is 0.579. The minimum Gasteiger partial charge on any atom is -0.342 e. The molecule has 2 aliphatic heterocycles. The lowest BCUT2D eigenvalue weighted by atomic mass is 10.1. The molecule has 1 atom stereocenters. The van der Waals surface area contributed by atoms with Gasteiger partial charge in [0, 0.05) is 31.7 Å². The second kappa shape index (κ2) is 6.73. The Morgan fingerprint density at radius 2 is 1.74 bits per heavy atom. The fourth-order valence-corrected chi connectivity index (χ4v) is 3.57. The molecular formula is C19H26N2O2. The maximum absolute atomic E-state index is 12.7. The Morgan fingerprint density at radius 1 is 1.04 bits per heavy atom. The highest BCUT2D eigenvalue weighted by molar-refractivity contribution is 6.00. The predicted molar refractivity (Wildman–Crippen MR) is 91.4 cm³/mol. The number of amides is 2. The van der Waals surface area contributed by atoms with Crippen molar-refractivity contribution < 1.29 is 9.59 Å². The second-order valence-corrected chi connectivity index (χ2v) is 6.91. The molecule has 0 bridgehead atoms. The number of carbonyl (C=O) groups is 2. The molecule has 2 fully saturated rings. The van der Waals surface area contributed by atoms with Crippen LogP contribution in [0.3, 0.4) is 0 Å². The predicted octanol–water partition coefficient (Wildman–Crippen LogP) is 3.06. The lowest BCUT2D eigenvalue weighted by molar-refractivity contribution is -0.135. The Bertz CT molecular complexity index is 603. The van der Waals surface area contributed by atoms with Crippen molar-refractivity contribution in [1.82, 2.24) is 4.90 Å². The van der Waals surface area contributed by atoms with Crippen LogP contribution in [-0.4, -0.2) is 36.3 Å². The molecule has 4 nitrogen and oxygen atoms in total. The van der Waals surface area contributed by atoms with E-state index < -0.39 is 0 Å². The van der Waals surface area contributed by atoms with E-state index in [1.807, 2.05) is 23.1 Å². The van der Waals surface area contributed by atoms with Crippen molar-refractivity contribution in [1.29, 1.82) is 0 Å². The molecule has 23 heavy (non-hydrogen) atoms. The Kier molecular flexibility index (Phi) is 4.69. The van der Waals surface area contributed by atoms with E-state index in [1.54, 1.807) is 4.90 Å². The lowest BCUT2D eigenvalue weighted by Gasteiger charge is -2.24. The Labute approximate surface area is 138 Å². The number of aryl methyl sites for hydroxylation is 2. The van der Waals surface area contributed by atoms with Crippen LogP contribution >= 0.6 is 0 Å². The Hall–Kier alpha value is -1.84. The number of carbonyl (C=O) groups excluding carboxylic acids is 2. The highest BCUT2D eigenvalue weighted by Crippen LogP contribution is 2.28. The van der Waals surface area contributed by atoms with Gasteiger partial charge in [0.1, 0.15) is 0 Å². The summed E-state index contributed by atoms with van der Waals surface area (Å²) in [6.45, 7) is 6.35. The molecule has 2 heterocycles. The van der Waals surface area contributed by atoms with Gasteiger partial charge in [-0.15, -0.1) is 0 Å². The third-order valence-electron chi connectivity index (χ3n) is 5.19. The van der Waals surface area contributed by atoms with Crippen LogP contribution in [0.25, 0.3) is 0 Å². The van der Waals surface area contributed by atoms with Crippen molar-refractivity contribution in [3.05, 3.63) is 29.3 Å². The molecule has 0 aliphatic carbocycles. The Balaban J connectivity index is 1.71. The van der Waals surface area contributed by atoms with Crippen molar-refractivity contribution in [2.45, 2.75) is 46.0 Å². The molecule has 4 heteroatoms. The summed E-state index contributed by atoms with van der Waals surface area (Å²) in [6.07, 6.45) is 4.95. The van der Waals surface area contributed by atoms with Crippen molar-refractivity contribution in [2.75, 3.05) is 24.5 Å². The molecule has 2 amide bonds. The van der Waals surface area contributed by atoms with Crippen molar-refractivity contribution >= 4 is 17.5 Å². The molecule has 0 N–H and O–H groups in total. The van der Waals surface area contributed by atoms with Crippen LogP contribution in [0, 0.1) is 19.8 Å². The highest BCUT2D eigenvalue weighted by atomic mass is 16.2. The SMILES string of the molecule is Cc1ccc(N2CC(C(=O)N3CCCCCC3)CC2=O)cc1C. The van der Waals surface area contributed by atoms with E-state index >= 15 is 0 Å². The van der Waals surface area contributed by atoms with Gasteiger partial charge in [0.2, 0.25) is 11.8 Å². The van der Waals surface area contributed by atoms with Gasteiger partial charge in [0.15, 0.2) is 0 Å². The summed E-state index contributed by atoms with van der Waals surface area (Å²) >= 11 is 0. The van der Waals surface area contributed by atoms with E-state index in [0.29, 0.717) is 13.0 Å². The molecular weight excluding hydrogens is 288 g/mol. The number of likely N-dealkylation sites (tertiary alicyclic amines) is 1. The summed E-state index contributed by atoms with van der Waals surface area (Å²) in [4.78, 5) is 28.9. The van der Waals surface area contributed by atoms with Gasteiger partial charge in [-0.2, -0.15) is 0 Å². The van der Waals surface area contributed by atoms with Crippen LogP contribution in [0.1, 0.15) is 43.2 Å². The molecule has 0 saturated carbocycles. The molecule has 0 radical (unpaired) electrons. The normalized spacial score (nSPS) is 22.3. The molecule has 3 rings (SSSR count). The smallest absolute Gasteiger partial charge is 0.228 e. The summed E-state index contributed by atoms with van der Waals surface area (Å²) in [5.41, 5.74) is 3.32. The van der Waals surface area contributed by atoms with Crippen molar-refractivity contribution in [3.63, 3.8) is 0 Å². The first-order valence-corrected chi connectivity index (χ1v) is 8.72. The van der Waals surface area contributed by atoms with E-state index in [9.17, 15) is 9.59 Å². The third kappa shape index (κ3) is 3.41.